The average Bonchev–Trinajstić information content (AvgIpc) is 2.85. The van der Waals surface area contributed by atoms with Gasteiger partial charge in [-0.05, 0) is 75.2 Å². The van der Waals surface area contributed by atoms with E-state index in [4.69, 9.17) is 25.8 Å². The number of carbonyl (C=O) groups is 3. The second-order valence-electron chi connectivity index (χ2n) is 8.87. The number of carbonyl (C=O) groups excluding carboxylic acids is 3. The van der Waals surface area contributed by atoms with E-state index in [0.717, 1.165) is 10.5 Å². The van der Waals surface area contributed by atoms with Crippen LogP contribution in [0.2, 0.25) is 5.02 Å². The fraction of sp³-hybridized carbons (Fsp3) is 0.370. The maximum Gasteiger partial charge on any atom is 0.422 e. The molecule has 37 heavy (non-hydrogen) atoms. The van der Waals surface area contributed by atoms with Crippen molar-refractivity contribution in [3.8, 4) is 11.5 Å². The molecule has 3 rings (SSSR count). The molecule has 9 nitrogen and oxygen atoms in total. The largest absolute Gasteiger partial charge is 0.497 e. The Balaban J connectivity index is 1.72. The van der Waals surface area contributed by atoms with Gasteiger partial charge in [0.25, 0.3) is 0 Å². The zero-order valence-corrected chi connectivity index (χ0v) is 22.4. The van der Waals surface area contributed by atoms with E-state index in [-0.39, 0.29) is 12.6 Å². The third kappa shape index (κ3) is 7.16. The lowest BCUT2D eigenvalue weighted by molar-refractivity contribution is 0.0789. The van der Waals surface area contributed by atoms with E-state index in [0.29, 0.717) is 35.2 Å². The van der Waals surface area contributed by atoms with Crippen LogP contribution in [0.15, 0.2) is 60.3 Å². The second kappa shape index (κ2) is 12.5. The van der Waals surface area contributed by atoms with E-state index in [1.54, 1.807) is 76.2 Å². The van der Waals surface area contributed by atoms with Gasteiger partial charge in [-0.25, -0.2) is 19.3 Å². The number of nitrogens with zero attached hydrogens (tertiary/aromatic N) is 3. The van der Waals surface area contributed by atoms with E-state index < -0.39 is 24.3 Å². The maximum atomic E-state index is 13.5. The molecule has 2 aromatic rings. The maximum absolute atomic E-state index is 13.5. The summed E-state index contributed by atoms with van der Waals surface area (Å²) in [6, 6.07) is 13.0. The number of allylic oxidation sites excluding steroid dienone is 1. The molecule has 1 aliphatic heterocycles. The van der Waals surface area contributed by atoms with Crippen molar-refractivity contribution in [1.29, 1.82) is 0 Å². The van der Waals surface area contributed by atoms with Crippen LogP contribution in [0.5, 0.6) is 11.5 Å². The predicted molar refractivity (Wildman–Crippen MR) is 140 cm³/mol. The molecule has 1 atom stereocenters. The molecular weight excluding hydrogens is 498 g/mol. The van der Waals surface area contributed by atoms with Gasteiger partial charge in [-0.1, -0.05) is 23.7 Å². The van der Waals surface area contributed by atoms with Gasteiger partial charge in [-0.15, -0.1) is 0 Å². The minimum Gasteiger partial charge on any atom is -0.497 e. The second-order valence-corrected chi connectivity index (χ2v) is 9.31. The monoisotopic (exact) mass is 529 g/mol. The summed E-state index contributed by atoms with van der Waals surface area (Å²) in [7, 11) is 3.18. The number of imide groups is 1. The van der Waals surface area contributed by atoms with Gasteiger partial charge in [-0.2, -0.15) is 0 Å². The summed E-state index contributed by atoms with van der Waals surface area (Å²) in [6.07, 6.45) is 0.633. The molecule has 4 amide bonds. The van der Waals surface area contributed by atoms with Crippen molar-refractivity contribution in [2.24, 2.45) is 0 Å². The Kier molecular flexibility index (Phi) is 9.41. The van der Waals surface area contributed by atoms with Crippen molar-refractivity contribution >= 4 is 29.8 Å². The minimum absolute atomic E-state index is 0.269. The summed E-state index contributed by atoms with van der Waals surface area (Å²) in [5.41, 5.74) is 1.28. The topological polar surface area (TPSA) is 88.6 Å². The Morgan fingerprint density at radius 1 is 1.11 bits per heavy atom. The number of amides is 4. The van der Waals surface area contributed by atoms with Crippen LogP contribution in [0.4, 0.5) is 14.4 Å². The van der Waals surface area contributed by atoms with E-state index in [1.165, 1.54) is 4.90 Å². The fourth-order valence-corrected chi connectivity index (χ4v) is 4.06. The van der Waals surface area contributed by atoms with Gasteiger partial charge in [0.1, 0.15) is 11.5 Å². The van der Waals surface area contributed by atoms with Crippen molar-refractivity contribution in [1.82, 2.24) is 14.7 Å². The zero-order chi connectivity index (χ0) is 27.1. The molecule has 0 N–H and O–H groups in total. The van der Waals surface area contributed by atoms with Crippen molar-refractivity contribution in [2.75, 3.05) is 27.2 Å². The molecule has 198 valence electrons. The molecular formula is C27H32ClN3O6. The van der Waals surface area contributed by atoms with E-state index in [9.17, 15) is 14.4 Å². The zero-order valence-electron chi connectivity index (χ0n) is 21.6. The molecule has 10 heteroatoms. The lowest BCUT2D eigenvalue weighted by Crippen LogP contribution is -2.51. The highest BCUT2D eigenvalue weighted by molar-refractivity contribution is 6.30. The minimum atomic E-state index is -0.733. The van der Waals surface area contributed by atoms with Crippen molar-refractivity contribution in [3.63, 3.8) is 0 Å². The predicted octanol–water partition coefficient (Wildman–Crippen LogP) is 6.10. The molecule has 0 spiro atoms. The van der Waals surface area contributed by atoms with Gasteiger partial charge in [0.15, 0.2) is 0 Å². The van der Waals surface area contributed by atoms with E-state index >= 15 is 0 Å². The number of halogens is 1. The molecule has 1 aliphatic rings. The Morgan fingerprint density at radius 3 is 2.41 bits per heavy atom. The first kappa shape index (κ1) is 27.9. The number of methoxy groups -OCH3 is 1. The standard InChI is InChI=1S/C27H32ClN3O6/c1-18(2)36-27(34)31-19(3)16-24(20-8-6-9-21(28)17-20)30(25(31)32)15-7-14-29(4)26(33)37-23-12-10-22(35-5)11-13-23/h6,8-13,16-18,24H,7,14-15H2,1-5H3. The van der Waals surface area contributed by atoms with Crippen LogP contribution in [0.25, 0.3) is 0 Å². The molecule has 1 unspecified atom stereocenters. The lowest BCUT2D eigenvalue weighted by Gasteiger charge is -2.39. The van der Waals surface area contributed by atoms with Crippen molar-refractivity contribution < 1.29 is 28.6 Å². The molecule has 0 fully saturated rings. The van der Waals surface area contributed by atoms with Crippen LogP contribution in [-0.2, 0) is 4.74 Å². The van der Waals surface area contributed by atoms with Crippen LogP contribution in [-0.4, -0.2) is 66.3 Å². The Bertz CT molecular complexity index is 1150. The molecule has 0 aromatic heterocycles. The van der Waals surface area contributed by atoms with Crippen LogP contribution in [0, 0.1) is 0 Å². The number of hydrogen-bond acceptors (Lipinski definition) is 6. The highest BCUT2D eigenvalue weighted by atomic mass is 35.5. The molecule has 0 radical (unpaired) electrons. The molecule has 0 saturated carbocycles. The van der Waals surface area contributed by atoms with Crippen LogP contribution >= 0.6 is 11.6 Å². The highest BCUT2D eigenvalue weighted by Crippen LogP contribution is 2.32. The average molecular weight is 530 g/mol. The first-order valence-corrected chi connectivity index (χ1v) is 12.3. The van der Waals surface area contributed by atoms with Gasteiger partial charge in [-0.3, -0.25) is 0 Å². The highest BCUT2D eigenvalue weighted by Gasteiger charge is 2.38. The summed E-state index contributed by atoms with van der Waals surface area (Å²) < 4.78 is 15.8. The number of benzene rings is 2. The number of rotatable bonds is 8. The third-order valence-corrected chi connectivity index (χ3v) is 5.94. The van der Waals surface area contributed by atoms with Crippen LogP contribution < -0.4 is 9.47 Å². The molecule has 2 aromatic carbocycles. The first-order valence-electron chi connectivity index (χ1n) is 11.9. The lowest BCUT2D eigenvalue weighted by atomic mass is 10.0. The van der Waals surface area contributed by atoms with Gasteiger partial charge < -0.3 is 24.0 Å². The Hall–Kier alpha value is -3.72. The normalized spacial score (nSPS) is 15.4. The summed E-state index contributed by atoms with van der Waals surface area (Å²) in [4.78, 5) is 42.7. The van der Waals surface area contributed by atoms with Crippen molar-refractivity contribution in [2.45, 2.75) is 39.3 Å². The van der Waals surface area contributed by atoms with E-state index in [2.05, 4.69) is 0 Å². The van der Waals surface area contributed by atoms with Gasteiger partial charge >= 0.3 is 18.2 Å². The van der Waals surface area contributed by atoms with E-state index in [1.807, 2.05) is 18.2 Å². The van der Waals surface area contributed by atoms with Gasteiger partial charge in [0.2, 0.25) is 0 Å². The summed E-state index contributed by atoms with van der Waals surface area (Å²) in [5.74, 6) is 1.05. The summed E-state index contributed by atoms with van der Waals surface area (Å²) >= 11 is 6.21. The molecule has 0 saturated heterocycles. The fourth-order valence-electron chi connectivity index (χ4n) is 3.86. The quantitative estimate of drug-likeness (QED) is 0.410. The van der Waals surface area contributed by atoms with Gasteiger partial charge in [0, 0.05) is 30.9 Å². The number of hydrogen-bond donors (Lipinski definition) is 0. The third-order valence-electron chi connectivity index (χ3n) is 5.70. The molecule has 0 aliphatic carbocycles. The number of ether oxygens (including phenoxy) is 3. The summed E-state index contributed by atoms with van der Waals surface area (Å²) in [5, 5.41) is 0.540. The molecule has 0 bridgehead atoms. The summed E-state index contributed by atoms with van der Waals surface area (Å²) in [6.45, 7) is 5.72. The first-order chi connectivity index (χ1) is 17.6. The van der Waals surface area contributed by atoms with Crippen LogP contribution in [0.1, 0.15) is 38.8 Å². The van der Waals surface area contributed by atoms with Crippen LogP contribution in [0.3, 0.4) is 0 Å². The smallest absolute Gasteiger partial charge is 0.422 e. The Morgan fingerprint density at radius 2 is 1.78 bits per heavy atom. The number of urea groups is 1. The Labute approximate surface area is 222 Å². The van der Waals surface area contributed by atoms with Crippen molar-refractivity contribution in [3.05, 3.63) is 70.9 Å². The van der Waals surface area contributed by atoms with Gasteiger partial charge in [0.05, 0.1) is 19.3 Å². The SMILES string of the molecule is COc1ccc(OC(=O)N(C)CCCN2C(=O)N(C(=O)OC(C)C)C(C)=CC2c2cccc(Cl)c2)cc1. The molecule has 1 heterocycles.